The van der Waals surface area contributed by atoms with Crippen LogP contribution in [-0.2, 0) is 21.7 Å². The summed E-state index contributed by atoms with van der Waals surface area (Å²) in [7, 11) is 0.563. The van der Waals surface area contributed by atoms with Gasteiger partial charge in [-0.3, -0.25) is 0 Å². The van der Waals surface area contributed by atoms with Gasteiger partial charge in [0, 0.05) is 0 Å². The number of nitrogens with zero attached hydrogens (tertiary/aromatic N) is 1. The van der Waals surface area contributed by atoms with Crippen LogP contribution in [0.3, 0.4) is 0 Å². The van der Waals surface area contributed by atoms with E-state index in [0.29, 0.717) is 9.52 Å². The quantitative estimate of drug-likeness (QED) is 0.262. The molecule has 0 heterocycles. The number of rotatable bonds is 11. The molecule has 2 heteroatoms. The molecule has 0 aromatic heterocycles. The van der Waals surface area contributed by atoms with Crippen molar-refractivity contribution in [2.45, 2.75) is 141 Å². The molecule has 208 valence electrons. The number of nitriles is 1. The van der Waals surface area contributed by atoms with Crippen LogP contribution in [0.2, 0.25) is 0 Å². The summed E-state index contributed by atoms with van der Waals surface area (Å²) in [5.41, 5.74) is 9.73. The molecule has 1 nitrogen and oxygen atoms in total. The first kappa shape index (κ1) is 29.9. The molecule has 0 aliphatic heterocycles. The Morgan fingerprint density at radius 2 is 1.08 bits per heavy atom. The summed E-state index contributed by atoms with van der Waals surface area (Å²) < 4.78 is 0. The molecule has 0 saturated heterocycles. The zero-order valence-corrected chi connectivity index (χ0v) is 27.1. The van der Waals surface area contributed by atoms with E-state index in [0.717, 1.165) is 5.56 Å². The van der Waals surface area contributed by atoms with Gasteiger partial charge in [0.1, 0.15) is 9.52 Å². The molecule has 2 aliphatic carbocycles. The summed E-state index contributed by atoms with van der Waals surface area (Å²) >= 11 is 0. The molecule has 0 unspecified atom stereocenters. The predicted molar refractivity (Wildman–Crippen MR) is 170 cm³/mol. The Balaban J connectivity index is 2.11. The minimum Gasteiger partial charge on any atom is -0.192 e. The average Bonchev–Trinajstić information content (AvgIpc) is 3.46. The van der Waals surface area contributed by atoms with Gasteiger partial charge in [-0.2, -0.15) is 5.26 Å². The lowest BCUT2D eigenvalue weighted by Crippen LogP contribution is -2.38. The minimum absolute atomic E-state index is 0.237. The summed E-state index contributed by atoms with van der Waals surface area (Å²) in [5, 5.41) is 12.2. The topological polar surface area (TPSA) is 23.8 Å². The van der Waals surface area contributed by atoms with Crippen LogP contribution in [-0.4, -0.2) is 9.52 Å². The average molecular weight is 538 g/mol. The maximum absolute atomic E-state index is 9.36. The number of hydrogen-bond acceptors (Lipinski definition) is 1. The van der Waals surface area contributed by atoms with E-state index in [2.05, 4.69) is 79.7 Å². The molecule has 0 spiro atoms. The molecule has 2 aromatic rings. The van der Waals surface area contributed by atoms with Crippen molar-refractivity contribution >= 4 is 19.9 Å². The van der Waals surface area contributed by atoms with Crippen LogP contribution < -0.4 is 5.19 Å². The van der Waals surface area contributed by atoms with Crippen molar-refractivity contribution in [3.8, 4) is 6.07 Å². The second-order valence-electron chi connectivity index (χ2n) is 12.7. The standard InChI is InChI=1S/C37H51NSi/c1-10-34(11-2)24-36(14-5,15-6)31-29(34)22-30-32(37(16-7,17-8)25-35(30,12-3)13-4)33(31)39-26(9)28-20-18-27(23-38)19-21-28/h18-22H,9-17,24-25H2,1-8H3. The Kier molecular flexibility index (Phi) is 8.46. The second kappa shape index (κ2) is 11.0. The molecule has 2 aliphatic rings. The van der Waals surface area contributed by atoms with Crippen LogP contribution in [0.25, 0.3) is 5.20 Å². The molecular weight excluding hydrogens is 487 g/mol. The van der Waals surface area contributed by atoms with E-state index in [1.54, 1.807) is 27.4 Å². The Morgan fingerprint density at radius 3 is 1.41 bits per heavy atom. The van der Waals surface area contributed by atoms with Crippen LogP contribution in [0.5, 0.6) is 0 Å². The highest BCUT2D eigenvalue weighted by molar-refractivity contribution is 6.74. The molecule has 0 atom stereocenters. The lowest BCUT2D eigenvalue weighted by Gasteiger charge is -2.36. The summed E-state index contributed by atoms with van der Waals surface area (Å²) in [5.74, 6) is 0. The fourth-order valence-electron chi connectivity index (χ4n) is 8.85. The monoisotopic (exact) mass is 537 g/mol. The van der Waals surface area contributed by atoms with Crippen molar-refractivity contribution < 1.29 is 0 Å². The summed E-state index contributed by atoms with van der Waals surface area (Å²) in [6.45, 7) is 24.2. The molecule has 4 rings (SSSR count). The third-order valence-corrected chi connectivity index (χ3v) is 13.3. The van der Waals surface area contributed by atoms with Gasteiger partial charge >= 0.3 is 0 Å². The number of fused-ring (bicyclic) bond motifs is 2. The Labute approximate surface area is 242 Å². The summed E-state index contributed by atoms with van der Waals surface area (Å²) in [6, 6.07) is 13.2. The normalized spacial score (nSPS) is 19.4. The van der Waals surface area contributed by atoms with Crippen LogP contribution in [0, 0.1) is 11.3 Å². The highest BCUT2D eigenvalue weighted by Gasteiger charge is 2.56. The third-order valence-electron chi connectivity index (χ3n) is 11.9. The van der Waals surface area contributed by atoms with Crippen molar-refractivity contribution in [1.82, 2.24) is 0 Å². The highest BCUT2D eigenvalue weighted by atomic mass is 28.2. The Hall–Kier alpha value is -2.11. The van der Waals surface area contributed by atoms with Crippen molar-refractivity contribution in [3.05, 3.63) is 70.3 Å². The van der Waals surface area contributed by atoms with E-state index in [1.165, 1.54) is 75.0 Å². The van der Waals surface area contributed by atoms with Crippen LogP contribution in [0.4, 0.5) is 0 Å². The second-order valence-corrected chi connectivity index (χ2v) is 14.0. The molecule has 0 saturated carbocycles. The van der Waals surface area contributed by atoms with Crippen LogP contribution >= 0.6 is 0 Å². The first-order valence-corrected chi connectivity index (χ1v) is 16.9. The fourth-order valence-corrected chi connectivity index (χ4v) is 10.5. The van der Waals surface area contributed by atoms with E-state index in [1.807, 2.05) is 12.1 Å². The summed E-state index contributed by atoms with van der Waals surface area (Å²) in [4.78, 5) is 0. The summed E-state index contributed by atoms with van der Waals surface area (Å²) in [6.07, 6.45) is 12.3. The molecule has 39 heavy (non-hydrogen) atoms. The maximum atomic E-state index is 9.36. The third kappa shape index (κ3) is 4.30. The lowest BCUT2D eigenvalue weighted by atomic mass is 9.70. The van der Waals surface area contributed by atoms with Crippen molar-refractivity contribution in [2.75, 3.05) is 0 Å². The van der Waals surface area contributed by atoms with Crippen molar-refractivity contribution in [2.24, 2.45) is 0 Å². The SMILES string of the molecule is C=C([Si]c1c2c(cc3c1C(CC)(CC)CC3(CC)CC)C(CC)(CC)CC2(CC)CC)c1ccc(C#N)cc1. The number of benzene rings is 2. The molecule has 2 aromatic carbocycles. The Bertz CT molecular complexity index is 1180. The van der Waals surface area contributed by atoms with Gasteiger partial charge in [-0.05, 0) is 126 Å². The first-order valence-electron chi connectivity index (χ1n) is 15.9. The van der Waals surface area contributed by atoms with Gasteiger partial charge in [-0.15, -0.1) is 0 Å². The van der Waals surface area contributed by atoms with Crippen molar-refractivity contribution in [1.29, 1.82) is 5.26 Å². The molecule has 0 amide bonds. The van der Waals surface area contributed by atoms with E-state index in [4.69, 9.17) is 6.58 Å². The van der Waals surface area contributed by atoms with Crippen LogP contribution in [0.15, 0.2) is 36.9 Å². The zero-order chi connectivity index (χ0) is 28.6. The molecule has 0 N–H and O–H groups in total. The van der Waals surface area contributed by atoms with Gasteiger partial charge in [0.25, 0.3) is 0 Å². The fraction of sp³-hybridized carbons (Fsp3) is 0.595. The maximum Gasteiger partial charge on any atom is 0.122 e. The van der Waals surface area contributed by atoms with Gasteiger partial charge in [0.05, 0.1) is 11.6 Å². The minimum atomic E-state index is 0.237. The molecule has 0 bridgehead atoms. The predicted octanol–water partition coefficient (Wildman–Crippen LogP) is 9.60. The largest absolute Gasteiger partial charge is 0.192 e. The number of hydrogen-bond donors (Lipinski definition) is 0. The lowest BCUT2D eigenvalue weighted by molar-refractivity contribution is 0.279. The Morgan fingerprint density at radius 1 is 0.692 bits per heavy atom. The van der Waals surface area contributed by atoms with Gasteiger partial charge in [-0.1, -0.05) is 90.6 Å². The molecular formula is C37H51NSi. The van der Waals surface area contributed by atoms with E-state index in [-0.39, 0.29) is 21.7 Å². The van der Waals surface area contributed by atoms with Gasteiger partial charge in [0.15, 0.2) is 0 Å². The molecule has 2 radical (unpaired) electrons. The first-order chi connectivity index (χ1) is 18.7. The van der Waals surface area contributed by atoms with E-state index in [9.17, 15) is 5.26 Å². The smallest absolute Gasteiger partial charge is 0.122 e. The van der Waals surface area contributed by atoms with Crippen molar-refractivity contribution in [3.63, 3.8) is 0 Å². The molecule has 0 fully saturated rings. The highest BCUT2D eigenvalue weighted by Crippen LogP contribution is 2.61. The van der Waals surface area contributed by atoms with Crippen LogP contribution in [0.1, 0.15) is 153 Å². The van der Waals surface area contributed by atoms with E-state index < -0.39 is 0 Å². The van der Waals surface area contributed by atoms with Gasteiger partial charge < -0.3 is 0 Å². The van der Waals surface area contributed by atoms with Gasteiger partial charge in [0.2, 0.25) is 0 Å². The zero-order valence-electron chi connectivity index (χ0n) is 26.1. The van der Waals surface area contributed by atoms with Gasteiger partial charge in [-0.25, -0.2) is 0 Å². The van der Waals surface area contributed by atoms with E-state index >= 15 is 0 Å².